The lowest BCUT2D eigenvalue weighted by Crippen LogP contribution is -2.47. The van der Waals surface area contributed by atoms with Crippen molar-refractivity contribution in [2.45, 2.75) is 57.6 Å². The van der Waals surface area contributed by atoms with E-state index in [0.29, 0.717) is 6.61 Å². The maximum atomic E-state index is 11.7. The molecule has 2 rings (SSSR count). The van der Waals surface area contributed by atoms with Gasteiger partial charge in [-0.05, 0) is 46.2 Å². The van der Waals surface area contributed by atoms with Gasteiger partial charge in [0.25, 0.3) is 5.91 Å². The number of hydrogen-bond donors (Lipinski definition) is 1. The number of epoxide rings is 1. The van der Waals surface area contributed by atoms with E-state index < -0.39 is 0 Å². The molecule has 0 spiro atoms. The van der Waals surface area contributed by atoms with E-state index in [2.05, 4.69) is 24.1 Å². The molecule has 2 aliphatic rings. The Labute approximate surface area is 110 Å². The fourth-order valence-electron chi connectivity index (χ4n) is 2.47. The van der Waals surface area contributed by atoms with Crippen LogP contribution in [0.3, 0.4) is 0 Å². The summed E-state index contributed by atoms with van der Waals surface area (Å²) in [5, 5.41) is 3.08. The van der Waals surface area contributed by atoms with Crippen molar-refractivity contribution in [3.8, 4) is 0 Å². The van der Waals surface area contributed by atoms with Crippen LogP contribution in [-0.4, -0.2) is 48.7 Å². The molecular formula is C14H26N2O2. The van der Waals surface area contributed by atoms with Crippen LogP contribution >= 0.6 is 0 Å². The normalized spacial score (nSPS) is 25.6. The summed E-state index contributed by atoms with van der Waals surface area (Å²) >= 11 is 0. The Morgan fingerprint density at radius 2 is 1.89 bits per heavy atom. The molecule has 1 unspecified atom stereocenters. The molecule has 0 bridgehead atoms. The Morgan fingerprint density at radius 3 is 2.44 bits per heavy atom. The molecule has 0 aromatic carbocycles. The largest absolute Gasteiger partial charge is 0.363 e. The van der Waals surface area contributed by atoms with Crippen molar-refractivity contribution in [1.29, 1.82) is 0 Å². The molecule has 4 heteroatoms. The quantitative estimate of drug-likeness (QED) is 0.757. The maximum absolute atomic E-state index is 11.7. The van der Waals surface area contributed by atoms with Gasteiger partial charge in [0, 0.05) is 12.1 Å². The second kappa shape index (κ2) is 6.02. The van der Waals surface area contributed by atoms with E-state index in [1.165, 1.54) is 38.8 Å². The second-order valence-corrected chi connectivity index (χ2v) is 6.20. The number of nitrogens with one attached hydrogen (secondary N) is 1. The van der Waals surface area contributed by atoms with Crippen LogP contribution in [0.4, 0.5) is 0 Å². The Kier molecular flexibility index (Phi) is 4.62. The fourth-order valence-corrected chi connectivity index (χ4v) is 2.47. The second-order valence-electron chi connectivity index (χ2n) is 6.20. The van der Waals surface area contributed by atoms with E-state index in [-0.39, 0.29) is 17.6 Å². The highest BCUT2D eigenvalue weighted by molar-refractivity contribution is 5.83. The first-order chi connectivity index (χ1) is 8.57. The van der Waals surface area contributed by atoms with Gasteiger partial charge in [0.2, 0.25) is 0 Å². The number of nitrogens with zero attached hydrogens (tertiary/aromatic N) is 1. The van der Waals surface area contributed by atoms with Gasteiger partial charge in [-0.3, -0.25) is 4.79 Å². The average Bonchev–Trinajstić information content (AvgIpc) is 3.13. The van der Waals surface area contributed by atoms with Crippen molar-refractivity contribution in [2.24, 2.45) is 0 Å². The number of amides is 1. The van der Waals surface area contributed by atoms with Crippen LogP contribution in [0, 0.1) is 0 Å². The van der Waals surface area contributed by atoms with Gasteiger partial charge >= 0.3 is 0 Å². The van der Waals surface area contributed by atoms with E-state index >= 15 is 0 Å². The van der Waals surface area contributed by atoms with Gasteiger partial charge in [-0.15, -0.1) is 0 Å². The smallest absolute Gasteiger partial charge is 0.251 e. The summed E-state index contributed by atoms with van der Waals surface area (Å²) in [6.07, 6.45) is 6.21. The molecule has 2 fully saturated rings. The van der Waals surface area contributed by atoms with Crippen LogP contribution in [0.2, 0.25) is 0 Å². The van der Waals surface area contributed by atoms with Crippen molar-refractivity contribution in [1.82, 2.24) is 10.2 Å². The molecule has 0 radical (unpaired) electrons. The minimum absolute atomic E-state index is 0.0517. The number of ether oxygens (including phenoxy) is 1. The third kappa shape index (κ3) is 4.58. The van der Waals surface area contributed by atoms with E-state index in [0.717, 1.165) is 13.0 Å². The van der Waals surface area contributed by atoms with Gasteiger partial charge in [0.1, 0.15) is 0 Å². The first kappa shape index (κ1) is 13.8. The van der Waals surface area contributed by atoms with Crippen LogP contribution in [0.1, 0.15) is 46.0 Å². The van der Waals surface area contributed by atoms with Crippen LogP contribution in [0.5, 0.6) is 0 Å². The van der Waals surface area contributed by atoms with Crippen molar-refractivity contribution >= 4 is 5.91 Å². The Morgan fingerprint density at radius 1 is 1.28 bits per heavy atom. The molecular weight excluding hydrogens is 228 g/mol. The third-order valence-electron chi connectivity index (χ3n) is 3.84. The van der Waals surface area contributed by atoms with Gasteiger partial charge in [-0.1, -0.05) is 12.8 Å². The van der Waals surface area contributed by atoms with Crippen molar-refractivity contribution in [3.63, 3.8) is 0 Å². The number of hydrogen-bond acceptors (Lipinski definition) is 3. The first-order valence-electron chi connectivity index (χ1n) is 7.23. The monoisotopic (exact) mass is 254 g/mol. The summed E-state index contributed by atoms with van der Waals surface area (Å²) in [6.45, 7) is 8.31. The zero-order chi connectivity index (χ0) is 13.0. The number of likely N-dealkylation sites (tertiary alicyclic amines) is 1. The predicted molar refractivity (Wildman–Crippen MR) is 71.5 cm³/mol. The van der Waals surface area contributed by atoms with Crippen LogP contribution < -0.4 is 5.32 Å². The van der Waals surface area contributed by atoms with E-state index in [4.69, 9.17) is 4.74 Å². The van der Waals surface area contributed by atoms with E-state index in [1.54, 1.807) is 0 Å². The molecule has 0 aromatic heterocycles. The summed E-state index contributed by atoms with van der Waals surface area (Å²) in [5.41, 5.74) is -0.130. The molecule has 0 saturated carbocycles. The zero-order valence-corrected chi connectivity index (χ0v) is 11.7. The molecule has 1 N–H and O–H groups in total. The van der Waals surface area contributed by atoms with E-state index in [9.17, 15) is 4.79 Å². The molecule has 104 valence electrons. The maximum Gasteiger partial charge on any atom is 0.251 e. The van der Waals surface area contributed by atoms with Gasteiger partial charge in [-0.2, -0.15) is 0 Å². The Hall–Kier alpha value is -0.610. The van der Waals surface area contributed by atoms with E-state index in [1.807, 2.05) is 0 Å². The van der Waals surface area contributed by atoms with Crippen LogP contribution in [0.15, 0.2) is 0 Å². The molecule has 1 amide bonds. The summed E-state index contributed by atoms with van der Waals surface area (Å²) in [7, 11) is 0. The SMILES string of the molecule is CC(C)(CCN1CCCCCC1)NC(=O)C1CO1. The molecule has 18 heavy (non-hydrogen) atoms. The molecule has 2 heterocycles. The summed E-state index contributed by atoms with van der Waals surface area (Å²) in [4.78, 5) is 14.2. The van der Waals surface area contributed by atoms with Crippen LogP contribution in [-0.2, 0) is 9.53 Å². The van der Waals surface area contributed by atoms with Gasteiger partial charge in [0.05, 0.1) is 6.61 Å². The fraction of sp³-hybridized carbons (Fsp3) is 0.929. The third-order valence-corrected chi connectivity index (χ3v) is 3.84. The number of rotatable bonds is 5. The topological polar surface area (TPSA) is 44.9 Å². The van der Waals surface area contributed by atoms with Gasteiger partial charge < -0.3 is 15.0 Å². The molecule has 2 aliphatic heterocycles. The molecule has 0 aliphatic carbocycles. The van der Waals surface area contributed by atoms with Crippen molar-refractivity contribution < 1.29 is 9.53 Å². The van der Waals surface area contributed by atoms with Gasteiger partial charge in [-0.25, -0.2) is 0 Å². The minimum atomic E-state index is -0.178. The highest BCUT2D eigenvalue weighted by atomic mass is 16.6. The molecule has 0 aromatic rings. The van der Waals surface area contributed by atoms with Crippen LogP contribution in [0.25, 0.3) is 0 Å². The molecule has 4 nitrogen and oxygen atoms in total. The highest BCUT2D eigenvalue weighted by Crippen LogP contribution is 2.16. The summed E-state index contributed by atoms with van der Waals surface area (Å²) in [6, 6.07) is 0. The Balaban J connectivity index is 1.70. The van der Waals surface area contributed by atoms with Crippen molar-refractivity contribution in [2.75, 3.05) is 26.2 Å². The van der Waals surface area contributed by atoms with Gasteiger partial charge in [0.15, 0.2) is 6.10 Å². The lowest BCUT2D eigenvalue weighted by molar-refractivity contribution is -0.124. The standard InChI is InChI=1S/C14H26N2O2/c1-14(2,15-13(17)12-11-18-12)7-10-16-8-5-3-4-6-9-16/h12H,3-11H2,1-2H3,(H,15,17). The lowest BCUT2D eigenvalue weighted by Gasteiger charge is -2.29. The Bertz CT molecular complexity index is 280. The zero-order valence-electron chi connectivity index (χ0n) is 11.7. The lowest BCUT2D eigenvalue weighted by atomic mass is 10.00. The first-order valence-corrected chi connectivity index (χ1v) is 7.23. The summed E-state index contributed by atoms with van der Waals surface area (Å²) in [5.74, 6) is 0.0517. The van der Waals surface area contributed by atoms with Crippen molar-refractivity contribution in [3.05, 3.63) is 0 Å². The highest BCUT2D eigenvalue weighted by Gasteiger charge is 2.34. The molecule has 1 atom stereocenters. The minimum Gasteiger partial charge on any atom is -0.363 e. The number of carbonyl (C=O) groups excluding carboxylic acids is 1. The average molecular weight is 254 g/mol. The summed E-state index contributed by atoms with van der Waals surface area (Å²) < 4.78 is 5.00. The molecule has 2 saturated heterocycles. The predicted octanol–water partition coefficient (Wildman–Crippen LogP) is 1.55. The number of carbonyl (C=O) groups is 1.